The zero-order chi connectivity index (χ0) is 11.6. The van der Waals surface area contributed by atoms with Crippen molar-refractivity contribution in [1.29, 1.82) is 0 Å². The van der Waals surface area contributed by atoms with Gasteiger partial charge in [-0.15, -0.1) is 0 Å². The van der Waals surface area contributed by atoms with Crippen LogP contribution in [0, 0.1) is 5.41 Å². The molecule has 0 aromatic carbocycles. The largest absolute Gasteiger partial charge is 0.297 e. The molecule has 1 heteroatoms. The van der Waals surface area contributed by atoms with Crippen LogP contribution in [0.1, 0.15) is 72.6 Å². The molecular formula is C14H29N. The van der Waals surface area contributed by atoms with Crippen molar-refractivity contribution >= 4 is 6.21 Å². The summed E-state index contributed by atoms with van der Waals surface area (Å²) in [5.41, 5.74) is 0.345. The van der Waals surface area contributed by atoms with Gasteiger partial charge in [-0.2, -0.15) is 0 Å². The fourth-order valence-corrected chi connectivity index (χ4v) is 1.45. The smallest absolute Gasteiger partial charge is 0.0433 e. The predicted octanol–water partition coefficient (Wildman–Crippen LogP) is 4.85. The van der Waals surface area contributed by atoms with E-state index in [0.717, 1.165) is 6.54 Å². The van der Waals surface area contributed by atoms with Crippen molar-refractivity contribution in [3.05, 3.63) is 0 Å². The summed E-state index contributed by atoms with van der Waals surface area (Å²) in [6.45, 7) is 9.92. The summed E-state index contributed by atoms with van der Waals surface area (Å²) in [7, 11) is 0. The van der Waals surface area contributed by atoms with Crippen molar-refractivity contribution < 1.29 is 0 Å². The quantitative estimate of drug-likeness (QED) is 0.402. The number of hydrogen-bond acceptors (Lipinski definition) is 1. The van der Waals surface area contributed by atoms with Crippen LogP contribution < -0.4 is 0 Å². The Labute approximate surface area is 96.4 Å². The Hall–Kier alpha value is -0.330. The van der Waals surface area contributed by atoms with Gasteiger partial charge >= 0.3 is 0 Å². The lowest BCUT2D eigenvalue weighted by atomic mass is 9.97. The van der Waals surface area contributed by atoms with E-state index < -0.39 is 0 Å². The van der Waals surface area contributed by atoms with Crippen LogP contribution in [-0.2, 0) is 0 Å². The van der Waals surface area contributed by atoms with E-state index in [9.17, 15) is 0 Å². The molecule has 0 bridgehead atoms. The van der Waals surface area contributed by atoms with Crippen molar-refractivity contribution in [1.82, 2.24) is 0 Å². The average molecular weight is 211 g/mol. The molecule has 0 heterocycles. The van der Waals surface area contributed by atoms with Crippen LogP contribution in [0.15, 0.2) is 4.99 Å². The fourth-order valence-electron chi connectivity index (χ4n) is 1.45. The first-order chi connectivity index (χ1) is 7.06. The van der Waals surface area contributed by atoms with E-state index in [4.69, 9.17) is 0 Å². The first kappa shape index (κ1) is 14.7. The third kappa shape index (κ3) is 13.7. The van der Waals surface area contributed by atoms with E-state index in [1.807, 2.05) is 0 Å². The zero-order valence-corrected chi connectivity index (χ0v) is 11.2. The summed E-state index contributed by atoms with van der Waals surface area (Å²) < 4.78 is 0. The summed E-state index contributed by atoms with van der Waals surface area (Å²) >= 11 is 0. The summed E-state index contributed by atoms with van der Waals surface area (Å²) in [4.78, 5) is 4.45. The van der Waals surface area contributed by atoms with Crippen LogP contribution in [0.3, 0.4) is 0 Å². The van der Waals surface area contributed by atoms with Gasteiger partial charge < -0.3 is 0 Å². The first-order valence-electron chi connectivity index (χ1n) is 6.54. The molecule has 0 aliphatic heterocycles. The van der Waals surface area contributed by atoms with Gasteiger partial charge in [-0.1, -0.05) is 59.8 Å². The van der Waals surface area contributed by atoms with Crippen LogP contribution in [-0.4, -0.2) is 12.8 Å². The minimum Gasteiger partial charge on any atom is -0.297 e. The van der Waals surface area contributed by atoms with Crippen molar-refractivity contribution in [3.63, 3.8) is 0 Å². The number of rotatable bonds is 8. The lowest BCUT2D eigenvalue weighted by molar-refractivity contribution is 0.430. The normalized spacial score (nSPS) is 12.5. The minimum atomic E-state index is 0.345. The Morgan fingerprint density at radius 2 is 1.53 bits per heavy atom. The van der Waals surface area contributed by atoms with Gasteiger partial charge in [0.1, 0.15) is 0 Å². The lowest BCUT2D eigenvalue weighted by Gasteiger charge is -2.13. The number of unbranched alkanes of at least 4 members (excludes halogenated alkanes) is 6. The topological polar surface area (TPSA) is 12.4 Å². The van der Waals surface area contributed by atoms with E-state index in [1.54, 1.807) is 0 Å². The molecule has 0 unspecified atom stereocenters. The molecular weight excluding hydrogens is 182 g/mol. The van der Waals surface area contributed by atoms with Gasteiger partial charge in [0.15, 0.2) is 0 Å². The molecule has 0 amide bonds. The van der Waals surface area contributed by atoms with E-state index in [0.29, 0.717) is 5.41 Å². The molecule has 0 radical (unpaired) electrons. The summed E-state index contributed by atoms with van der Waals surface area (Å²) in [5, 5.41) is 0. The highest BCUT2D eigenvalue weighted by Gasteiger charge is 2.06. The maximum absolute atomic E-state index is 4.45. The molecule has 0 N–H and O–H groups in total. The van der Waals surface area contributed by atoms with Crippen molar-refractivity contribution in [2.75, 3.05) is 6.54 Å². The third-order valence-electron chi connectivity index (χ3n) is 2.38. The van der Waals surface area contributed by atoms with Crippen molar-refractivity contribution in [2.24, 2.45) is 10.4 Å². The van der Waals surface area contributed by atoms with Crippen LogP contribution in [0.5, 0.6) is 0 Å². The first-order valence-corrected chi connectivity index (χ1v) is 6.54. The van der Waals surface area contributed by atoms with Gasteiger partial charge in [-0.3, -0.25) is 4.99 Å². The molecule has 0 aliphatic rings. The fraction of sp³-hybridized carbons (Fsp3) is 0.929. The molecule has 0 saturated heterocycles. The maximum atomic E-state index is 4.45. The van der Waals surface area contributed by atoms with Gasteiger partial charge in [-0.25, -0.2) is 0 Å². The second-order valence-electron chi connectivity index (χ2n) is 5.64. The van der Waals surface area contributed by atoms with E-state index >= 15 is 0 Å². The summed E-state index contributed by atoms with van der Waals surface area (Å²) in [6.07, 6.45) is 11.5. The molecule has 0 aliphatic carbocycles. The molecule has 0 spiro atoms. The van der Waals surface area contributed by atoms with Gasteiger partial charge in [0.05, 0.1) is 0 Å². The van der Waals surface area contributed by atoms with E-state index in [2.05, 4.69) is 38.9 Å². The Balaban J connectivity index is 3.17. The van der Waals surface area contributed by atoms with Crippen LogP contribution >= 0.6 is 0 Å². The van der Waals surface area contributed by atoms with E-state index in [1.165, 1.54) is 44.9 Å². The Bertz CT molecular complexity index is 153. The van der Waals surface area contributed by atoms with Crippen LogP contribution in [0.25, 0.3) is 0 Å². The summed E-state index contributed by atoms with van der Waals surface area (Å²) in [6, 6.07) is 0. The highest BCUT2D eigenvalue weighted by molar-refractivity contribution is 5.56. The van der Waals surface area contributed by atoms with Gasteiger partial charge in [-0.05, 0) is 24.5 Å². The third-order valence-corrected chi connectivity index (χ3v) is 2.38. The standard InChI is InChI=1S/C14H29N/c1-5-6-7-8-9-10-11-12-15-13-14(2,3)4/h12H,5-11,13H2,1-4H3/b15-12+. The molecule has 0 saturated carbocycles. The van der Waals surface area contributed by atoms with Crippen molar-refractivity contribution in [3.8, 4) is 0 Å². The highest BCUT2D eigenvalue weighted by atomic mass is 14.7. The monoisotopic (exact) mass is 211 g/mol. The number of nitrogens with zero attached hydrogens (tertiary/aromatic N) is 1. The number of hydrogen-bond donors (Lipinski definition) is 0. The number of aliphatic imine (C=N–C) groups is 1. The molecule has 90 valence electrons. The lowest BCUT2D eigenvalue weighted by Crippen LogP contribution is -2.09. The zero-order valence-electron chi connectivity index (χ0n) is 11.2. The molecule has 0 fully saturated rings. The molecule has 1 nitrogen and oxygen atoms in total. The van der Waals surface area contributed by atoms with Crippen molar-refractivity contribution in [2.45, 2.75) is 72.6 Å². The van der Waals surface area contributed by atoms with Gasteiger partial charge in [0, 0.05) is 6.54 Å². The van der Waals surface area contributed by atoms with E-state index in [-0.39, 0.29) is 0 Å². The molecule has 0 atom stereocenters. The van der Waals surface area contributed by atoms with Gasteiger partial charge in [0.25, 0.3) is 0 Å². The van der Waals surface area contributed by atoms with Crippen LogP contribution in [0.4, 0.5) is 0 Å². The highest BCUT2D eigenvalue weighted by Crippen LogP contribution is 2.12. The molecule has 15 heavy (non-hydrogen) atoms. The van der Waals surface area contributed by atoms with Crippen LogP contribution in [0.2, 0.25) is 0 Å². The molecule has 0 aromatic heterocycles. The average Bonchev–Trinajstić information content (AvgIpc) is 2.14. The molecule has 0 rings (SSSR count). The second kappa shape index (κ2) is 8.94. The minimum absolute atomic E-state index is 0.345. The predicted molar refractivity (Wildman–Crippen MR) is 70.8 cm³/mol. The maximum Gasteiger partial charge on any atom is 0.0433 e. The van der Waals surface area contributed by atoms with Gasteiger partial charge in [0.2, 0.25) is 0 Å². The Kier molecular flexibility index (Phi) is 8.74. The Morgan fingerprint density at radius 1 is 0.933 bits per heavy atom. The SMILES string of the molecule is CCCCCCCC/C=N/CC(C)(C)C. The second-order valence-corrected chi connectivity index (χ2v) is 5.64. The summed E-state index contributed by atoms with van der Waals surface area (Å²) in [5.74, 6) is 0. The Morgan fingerprint density at radius 3 is 2.13 bits per heavy atom. The molecule has 0 aromatic rings.